The van der Waals surface area contributed by atoms with Crippen LogP contribution in [0.2, 0.25) is 0 Å². The van der Waals surface area contributed by atoms with Gasteiger partial charge in [-0.1, -0.05) is 43.4 Å². The van der Waals surface area contributed by atoms with Crippen LogP contribution in [0.3, 0.4) is 0 Å². The molecule has 0 heterocycles. The largest absolute Gasteiger partial charge is 0.458 e. The molecule has 3 aliphatic carbocycles. The summed E-state index contributed by atoms with van der Waals surface area (Å²) in [5.74, 6) is 2.04. The molecule has 5 rings (SSSR count). The molecule has 0 radical (unpaired) electrons. The van der Waals surface area contributed by atoms with Gasteiger partial charge in [0.2, 0.25) is 0 Å². The molecule has 0 nitrogen and oxygen atoms in total. The first kappa shape index (κ1) is 27.2. The van der Waals surface area contributed by atoms with E-state index in [-0.39, 0.29) is 11.3 Å². The molecular formula is C32H34F6. The summed E-state index contributed by atoms with van der Waals surface area (Å²) in [4.78, 5) is 0. The number of rotatable bonds is 3. The summed E-state index contributed by atoms with van der Waals surface area (Å²) in [6, 6.07) is 3.71. The maximum absolute atomic E-state index is 15.0. The molecule has 2 fully saturated rings. The van der Waals surface area contributed by atoms with Crippen molar-refractivity contribution in [3.05, 3.63) is 58.4 Å². The molecule has 38 heavy (non-hydrogen) atoms. The van der Waals surface area contributed by atoms with E-state index in [9.17, 15) is 26.3 Å². The number of allylic oxidation sites excluding steroid dienone is 2. The second kappa shape index (κ2) is 11.0. The summed E-state index contributed by atoms with van der Waals surface area (Å²) in [7, 11) is 0. The smallest absolute Gasteiger partial charge is 0.206 e. The Morgan fingerprint density at radius 3 is 2.08 bits per heavy atom. The average Bonchev–Trinajstić information content (AvgIpc) is 2.88. The Balaban J connectivity index is 1.26. The Labute approximate surface area is 220 Å². The number of benzene rings is 2. The van der Waals surface area contributed by atoms with Crippen LogP contribution in [0.5, 0.6) is 0 Å². The van der Waals surface area contributed by atoms with Crippen LogP contribution in [0.25, 0.3) is 10.8 Å². The van der Waals surface area contributed by atoms with Crippen LogP contribution in [0.4, 0.5) is 26.3 Å². The highest BCUT2D eigenvalue weighted by molar-refractivity contribution is 5.86. The fourth-order valence-corrected chi connectivity index (χ4v) is 7.15. The Bertz CT molecular complexity index is 1260. The molecule has 2 aromatic carbocycles. The Hall–Kier alpha value is -2.42. The number of hydrogen-bond donors (Lipinski definition) is 0. The predicted octanol–water partition coefficient (Wildman–Crippen LogP) is 10.00. The molecule has 204 valence electrons. The zero-order chi connectivity index (χ0) is 27.0. The summed E-state index contributed by atoms with van der Waals surface area (Å²) >= 11 is 0. The lowest BCUT2D eigenvalue weighted by atomic mass is 9.69. The molecule has 3 aliphatic rings. The molecule has 0 spiro atoms. The Morgan fingerprint density at radius 1 is 0.763 bits per heavy atom. The van der Waals surface area contributed by atoms with Gasteiger partial charge in [0.1, 0.15) is 11.6 Å². The Kier molecular flexibility index (Phi) is 7.85. The molecule has 0 N–H and O–H groups in total. The lowest BCUT2D eigenvalue weighted by molar-refractivity contribution is -0.0696. The number of alkyl halides is 3. The van der Waals surface area contributed by atoms with E-state index < -0.39 is 34.6 Å². The van der Waals surface area contributed by atoms with Crippen LogP contribution >= 0.6 is 0 Å². The minimum atomic E-state index is -4.90. The molecular weight excluding hydrogens is 498 g/mol. The van der Waals surface area contributed by atoms with Crippen molar-refractivity contribution in [1.29, 1.82) is 0 Å². The van der Waals surface area contributed by atoms with Crippen LogP contribution in [-0.4, -0.2) is 6.18 Å². The molecule has 2 aromatic rings. The van der Waals surface area contributed by atoms with E-state index in [1.165, 1.54) is 56.9 Å². The molecule has 0 aromatic heterocycles. The van der Waals surface area contributed by atoms with Gasteiger partial charge < -0.3 is 0 Å². The Morgan fingerprint density at radius 2 is 1.45 bits per heavy atom. The van der Waals surface area contributed by atoms with Gasteiger partial charge in [-0.2, -0.15) is 13.2 Å². The van der Waals surface area contributed by atoms with E-state index in [4.69, 9.17) is 0 Å². The topological polar surface area (TPSA) is 0 Å². The zero-order valence-corrected chi connectivity index (χ0v) is 21.7. The summed E-state index contributed by atoms with van der Waals surface area (Å²) < 4.78 is 81.5. The van der Waals surface area contributed by atoms with E-state index in [0.717, 1.165) is 55.4 Å². The molecule has 1 atom stereocenters. The van der Waals surface area contributed by atoms with Gasteiger partial charge >= 0.3 is 6.18 Å². The molecule has 0 aliphatic heterocycles. The number of hydrogen-bond acceptors (Lipinski definition) is 0. The molecule has 1 unspecified atom stereocenters. The monoisotopic (exact) mass is 532 g/mol. The van der Waals surface area contributed by atoms with Crippen LogP contribution in [0.15, 0.2) is 29.8 Å². The van der Waals surface area contributed by atoms with Crippen molar-refractivity contribution in [3.8, 4) is 11.8 Å². The highest BCUT2D eigenvalue weighted by Crippen LogP contribution is 2.45. The molecule has 6 heteroatoms. The van der Waals surface area contributed by atoms with Gasteiger partial charge in [-0.3, -0.25) is 0 Å². The first-order valence-electron chi connectivity index (χ1n) is 14.0. The lowest BCUT2D eigenvalue weighted by Gasteiger charge is -2.37. The zero-order valence-electron chi connectivity index (χ0n) is 21.7. The molecule has 0 amide bonds. The van der Waals surface area contributed by atoms with Crippen molar-refractivity contribution in [2.75, 3.05) is 0 Å². The summed E-state index contributed by atoms with van der Waals surface area (Å²) in [5.41, 5.74) is 1.19. The van der Waals surface area contributed by atoms with E-state index >= 15 is 0 Å². The van der Waals surface area contributed by atoms with Crippen molar-refractivity contribution in [2.24, 2.45) is 23.7 Å². The minimum absolute atomic E-state index is 0.00724. The van der Waals surface area contributed by atoms with Gasteiger partial charge in [0.25, 0.3) is 0 Å². The third kappa shape index (κ3) is 5.92. The fraction of sp³-hybridized carbons (Fsp3) is 0.562. The third-order valence-electron chi connectivity index (χ3n) is 9.37. The maximum atomic E-state index is 15.0. The van der Waals surface area contributed by atoms with Crippen LogP contribution in [-0.2, 0) is 0 Å². The van der Waals surface area contributed by atoms with E-state index in [1.54, 1.807) is 11.6 Å². The third-order valence-corrected chi connectivity index (χ3v) is 9.37. The van der Waals surface area contributed by atoms with Crippen molar-refractivity contribution >= 4 is 10.8 Å². The van der Waals surface area contributed by atoms with E-state index in [1.807, 2.05) is 0 Å². The van der Waals surface area contributed by atoms with Crippen LogP contribution in [0.1, 0.15) is 94.6 Å². The minimum Gasteiger partial charge on any atom is -0.206 e. The van der Waals surface area contributed by atoms with Crippen molar-refractivity contribution in [1.82, 2.24) is 0 Å². The SMILES string of the molecule is CC1CCC(C2CC=C(C3CCC(c4cc(F)c5c(F)c(C#CC(F)(F)F)c(F)cc5c4)CC3)CC2)CC1. The maximum Gasteiger partial charge on any atom is 0.458 e. The number of halogens is 6. The van der Waals surface area contributed by atoms with Gasteiger partial charge in [0.05, 0.1) is 10.9 Å². The van der Waals surface area contributed by atoms with Crippen molar-refractivity contribution < 1.29 is 26.3 Å². The highest BCUT2D eigenvalue weighted by atomic mass is 19.4. The predicted molar refractivity (Wildman–Crippen MR) is 138 cm³/mol. The van der Waals surface area contributed by atoms with Crippen molar-refractivity contribution in [2.45, 2.75) is 89.6 Å². The standard InChI is InChI=1S/C32H34F6/c1-19-2-4-20(5-3-19)21-6-8-22(9-7-21)23-10-12-24(13-11-23)25-16-26-18-28(33)27(14-15-32(36,37)38)31(35)30(26)29(34)17-25/h8,16-21,23-24H,2-7,9-13H2,1H3. The van der Waals surface area contributed by atoms with Gasteiger partial charge in [-0.15, -0.1) is 0 Å². The lowest BCUT2D eigenvalue weighted by Crippen LogP contribution is -2.24. The normalized spacial score (nSPS) is 28.5. The number of fused-ring (bicyclic) bond motifs is 1. The van der Waals surface area contributed by atoms with E-state index in [2.05, 4.69) is 13.0 Å². The fourth-order valence-electron chi connectivity index (χ4n) is 7.15. The molecule has 0 saturated heterocycles. The molecule has 2 saturated carbocycles. The highest BCUT2D eigenvalue weighted by Gasteiger charge is 2.31. The summed E-state index contributed by atoms with van der Waals surface area (Å²) in [5, 5.41) is -0.516. The summed E-state index contributed by atoms with van der Waals surface area (Å²) in [6.45, 7) is 2.36. The van der Waals surface area contributed by atoms with Gasteiger partial charge in [0.15, 0.2) is 5.82 Å². The second-order valence-electron chi connectivity index (χ2n) is 11.8. The first-order valence-corrected chi connectivity index (χ1v) is 14.0. The van der Waals surface area contributed by atoms with Crippen molar-refractivity contribution in [3.63, 3.8) is 0 Å². The average molecular weight is 533 g/mol. The molecule has 0 bridgehead atoms. The van der Waals surface area contributed by atoms with Crippen LogP contribution in [0, 0.1) is 53.0 Å². The first-order chi connectivity index (χ1) is 18.1. The quantitative estimate of drug-likeness (QED) is 0.210. The second-order valence-corrected chi connectivity index (χ2v) is 11.8. The van der Waals surface area contributed by atoms with Crippen LogP contribution < -0.4 is 0 Å². The van der Waals surface area contributed by atoms with Gasteiger partial charge in [-0.25, -0.2) is 13.2 Å². The summed E-state index contributed by atoms with van der Waals surface area (Å²) in [6.07, 6.45) is 10.5. The van der Waals surface area contributed by atoms with Gasteiger partial charge in [0, 0.05) is 5.92 Å². The van der Waals surface area contributed by atoms with Gasteiger partial charge in [-0.05, 0) is 110 Å². The van der Waals surface area contributed by atoms with E-state index in [0.29, 0.717) is 11.5 Å².